The van der Waals surface area contributed by atoms with Crippen LogP contribution in [0.4, 0.5) is 0 Å². The molecule has 0 spiro atoms. The van der Waals surface area contributed by atoms with Gasteiger partial charge in [0.05, 0.1) is 0 Å². The third-order valence-corrected chi connectivity index (χ3v) is 1.75. The zero-order valence-electron chi connectivity index (χ0n) is 6.53. The van der Waals surface area contributed by atoms with Gasteiger partial charge in [0.25, 0.3) is 0 Å². The minimum atomic E-state index is 0.211. The Morgan fingerprint density at radius 1 is 1.27 bits per heavy atom. The molecule has 1 rings (SSSR count). The Morgan fingerprint density at radius 3 is 2.45 bits per heavy atom. The Labute approximate surface area is 66.7 Å². The van der Waals surface area contributed by atoms with Crippen LogP contribution < -0.4 is 5.73 Å². The van der Waals surface area contributed by atoms with Crippen molar-refractivity contribution in [1.29, 1.82) is 0 Å². The van der Waals surface area contributed by atoms with E-state index in [0.29, 0.717) is 0 Å². The van der Waals surface area contributed by atoms with E-state index in [1.165, 1.54) is 5.56 Å². The molecule has 0 amide bonds. The van der Waals surface area contributed by atoms with Gasteiger partial charge in [-0.25, -0.2) is 0 Å². The summed E-state index contributed by atoms with van der Waals surface area (Å²) in [6, 6.07) is 10.3. The molecule has 0 aromatic heterocycles. The minimum absolute atomic E-state index is 0.211. The van der Waals surface area contributed by atoms with Crippen molar-refractivity contribution in [3.05, 3.63) is 35.9 Å². The fraction of sp³-hybridized carbons (Fsp3) is 0.333. The Morgan fingerprint density at radius 2 is 1.91 bits per heavy atom. The maximum absolute atomic E-state index is 8.66. The topological polar surface area (TPSA) is 47.9 Å². The molecular formula is C9H14NO+. The summed E-state index contributed by atoms with van der Waals surface area (Å²) in [7, 11) is 0. The summed E-state index contributed by atoms with van der Waals surface area (Å²) in [6.45, 7) is 0.211. The third kappa shape index (κ3) is 2.33. The highest BCUT2D eigenvalue weighted by atomic mass is 16.3. The summed E-state index contributed by atoms with van der Waals surface area (Å²) >= 11 is 0. The molecule has 0 radical (unpaired) electrons. The Bertz CT molecular complexity index is 198. The zero-order chi connectivity index (χ0) is 8.10. The summed E-state index contributed by atoms with van der Waals surface area (Å²) < 4.78 is 0. The van der Waals surface area contributed by atoms with Gasteiger partial charge in [-0.15, -0.1) is 0 Å². The molecule has 1 aromatic rings. The van der Waals surface area contributed by atoms with E-state index in [4.69, 9.17) is 5.11 Å². The van der Waals surface area contributed by atoms with Gasteiger partial charge in [-0.1, -0.05) is 30.3 Å². The molecule has 0 heterocycles. The van der Waals surface area contributed by atoms with Gasteiger partial charge >= 0.3 is 0 Å². The molecular weight excluding hydrogens is 138 g/mol. The number of quaternary nitrogens is 1. The van der Waals surface area contributed by atoms with E-state index in [-0.39, 0.29) is 12.6 Å². The molecule has 4 N–H and O–H groups in total. The highest BCUT2D eigenvalue weighted by Crippen LogP contribution is 2.09. The lowest BCUT2D eigenvalue weighted by Crippen LogP contribution is -2.53. The standard InChI is InChI=1S/C9H13NO/c10-9(6-7-11)8-4-2-1-3-5-8/h1-5,9,11H,6-7,10H2/p+1/t9-/m1/s1. The molecule has 60 valence electrons. The molecule has 0 unspecified atom stereocenters. The van der Waals surface area contributed by atoms with Crippen molar-refractivity contribution in [3.63, 3.8) is 0 Å². The molecule has 1 atom stereocenters. The molecule has 0 aliphatic heterocycles. The first kappa shape index (κ1) is 8.24. The maximum Gasteiger partial charge on any atom is 0.112 e. The average Bonchev–Trinajstić information content (AvgIpc) is 2.07. The number of aliphatic hydroxyl groups excluding tert-OH is 1. The van der Waals surface area contributed by atoms with Gasteiger partial charge in [0, 0.05) is 18.6 Å². The fourth-order valence-corrected chi connectivity index (χ4v) is 1.05. The van der Waals surface area contributed by atoms with E-state index < -0.39 is 0 Å². The minimum Gasteiger partial charge on any atom is -0.396 e. The van der Waals surface area contributed by atoms with E-state index >= 15 is 0 Å². The van der Waals surface area contributed by atoms with Gasteiger partial charge in [0.1, 0.15) is 6.04 Å². The lowest BCUT2D eigenvalue weighted by atomic mass is 10.1. The van der Waals surface area contributed by atoms with Crippen molar-refractivity contribution < 1.29 is 10.8 Å². The predicted molar refractivity (Wildman–Crippen MR) is 43.8 cm³/mol. The largest absolute Gasteiger partial charge is 0.396 e. The van der Waals surface area contributed by atoms with E-state index in [2.05, 4.69) is 5.73 Å². The first-order chi connectivity index (χ1) is 5.34. The maximum atomic E-state index is 8.66. The number of hydrogen-bond donors (Lipinski definition) is 2. The third-order valence-electron chi connectivity index (χ3n) is 1.75. The van der Waals surface area contributed by atoms with Crippen LogP contribution in [0.3, 0.4) is 0 Å². The average molecular weight is 152 g/mol. The van der Waals surface area contributed by atoms with Crippen LogP contribution in [-0.4, -0.2) is 11.7 Å². The molecule has 2 nitrogen and oxygen atoms in total. The highest BCUT2D eigenvalue weighted by molar-refractivity contribution is 5.16. The fourth-order valence-electron chi connectivity index (χ4n) is 1.05. The molecule has 0 aliphatic rings. The van der Waals surface area contributed by atoms with Gasteiger partial charge in [0.2, 0.25) is 0 Å². The van der Waals surface area contributed by atoms with Gasteiger partial charge in [-0.2, -0.15) is 0 Å². The SMILES string of the molecule is [NH3+][C@H](CCO)c1ccccc1. The van der Waals surface area contributed by atoms with Crippen LogP contribution in [0.25, 0.3) is 0 Å². The number of aliphatic hydroxyl groups is 1. The Kier molecular flexibility index (Phi) is 3.08. The van der Waals surface area contributed by atoms with Crippen molar-refractivity contribution in [3.8, 4) is 0 Å². The van der Waals surface area contributed by atoms with Crippen LogP contribution in [-0.2, 0) is 0 Å². The lowest BCUT2D eigenvalue weighted by molar-refractivity contribution is -0.428. The first-order valence-corrected chi connectivity index (χ1v) is 3.83. The van der Waals surface area contributed by atoms with Crippen molar-refractivity contribution >= 4 is 0 Å². The molecule has 0 saturated heterocycles. The second kappa shape index (κ2) is 4.11. The Balaban J connectivity index is 2.61. The number of benzene rings is 1. The summed E-state index contributed by atoms with van der Waals surface area (Å²) in [5.41, 5.74) is 5.13. The van der Waals surface area contributed by atoms with Crippen LogP contribution >= 0.6 is 0 Å². The van der Waals surface area contributed by atoms with E-state index in [9.17, 15) is 0 Å². The van der Waals surface area contributed by atoms with Gasteiger partial charge in [-0.3, -0.25) is 0 Å². The van der Waals surface area contributed by atoms with Crippen molar-refractivity contribution in [1.82, 2.24) is 0 Å². The summed E-state index contributed by atoms with van der Waals surface area (Å²) in [5.74, 6) is 0. The summed E-state index contributed by atoms with van der Waals surface area (Å²) in [4.78, 5) is 0. The second-order valence-electron chi connectivity index (χ2n) is 2.62. The summed E-state index contributed by atoms with van der Waals surface area (Å²) in [5, 5.41) is 8.66. The van der Waals surface area contributed by atoms with E-state index in [1.807, 2.05) is 30.3 Å². The van der Waals surface area contributed by atoms with Gasteiger partial charge in [-0.05, 0) is 0 Å². The van der Waals surface area contributed by atoms with Crippen LogP contribution in [0.5, 0.6) is 0 Å². The van der Waals surface area contributed by atoms with Crippen molar-refractivity contribution in [2.24, 2.45) is 0 Å². The molecule has 0 fully saturated rings. The van der Waals surface area contributed by atoms with Crippen molar-refractivity contribution in [2.45, 2.75) is 12.5 Å². The molecule has 1 aromatic carbocycles. The smallest absolute Gasteiger partial charge is 0.112 e. The highest BCUT2D eigenvalue weighted by Gasteiger charge is 2.06. The number of hydrogen-bond acceptors (Lipinski definition) is 1. The lowest BCUT2D eigenvalue weighted by Gasteiger charge is -2.05. The predicted octanol–water partition coefficient (Wildman–Crippen LogP) is 0.352. The van der Waals surface area contributed by atoms with Crippen LogP contribution in [0.1, 0.15) is 18.0 Å². The molecule has 0 bridgehead atoms. The molecule has 0 saturated carbocycles. The first-order valence-electron chi connectivity index (χ1n) is 3.83. The van der Waals surface area contributed by atoms with Gasteiger partial charge in [0.15, 0.2) is 0 Å². The number of rotatable bonds is 3. The van der Waals surface area contributed by atoms with Crippen molar-refractivity contribution in [2.75, 3.05) is 6.61 Å². The van der Waals surface area contributed by atoms with Crippen LogP contribution in [0, 0.1) is 0 Å². The van der Waals surface area contributed by atoms with E-state index in [0.717, 1.165) is 6.42 Å². The molecule has 11 heavy (non-hydrogen) atoms. The monoisotopic (exact) mass is 152 g/mol. The van der Waals surface area contributed by atoms with Gasteiger partial charge < -0.3 is 10.8 Å². The molecule has 2 heteroatoms. The Hall–Kier alpha value is -0.860. The molecule has 0 aliphatic carbocycles. The summed E-state index contributed by atoms with van der Waals surface area (Å²) in [6.07, 6.45) is 0.740. The van der Waals surface area contributed by atoms with Crippen LogP contribution in [0.15, 0.2) is 30.3 Å². The quantitative estimate of drug-likeness (QED) is 0.645. The normalized spacial score (nSPS) is 12.9. The van der Waals surface area contributed by atoms with E-state index in [1.54, 1.807) is 0 Å². The van der Waals surface area contributed by atoms with Crippen LogP contribution in [0.2, 0.25) is 0 Å². The zero-order valence-corrected chi connectivity index (χ0v) is 6.53. The second-order valence-corrected chi connectivity index (χ2v) is 2.62.